The molecule has 0 aromatic heterocycles. The second kappa shape index (κ2) is 6.42. The predicted molar refractivity (Wildman–Crippen MR) is 83.5 cm³/mol. The topological polar surface area (TPSA) is 29.3 Å². The zero-order valence-corrected chi connectivity index (χ0v) is 12.6. The molecule has 2 nitrogen and oxygen atoms in total. The van der Waals surface area contributed by atoms with Crippen LogP contribution >= 0.6 is 0 Å². The van der Waals surface area contributed by atoms with Crippen molar-refractivity contribution in [2.24, 2.45) is 17.6 Å². The van der Waals surface area contributed by atoms with Gasteiger partial charge in [-0.3, -0.25) is 0 Å². The van der Waals surface area contributed by atoms with E-state index >= 15 is 0 Å². The van der Waals surface area contributed by atoms with Crippen molar-refractivity contribution in [3.8, 4) is 0 Å². The van der Waals surface area contributed by atoms with Gasteiger partial charge in [-0.1, -0.05) is 38.0 Å². The average Bonchev–Trinajstić information content (AvgIpc) is 2.42. The minimum absolute atomic E-state index is 0.480. The first kappa shape index (κ1) is 14.4. The summed E-state index contributed by atoms with van der Waals surface area (Å²) in [5.41, 5.74) is 8.76. The van der Waals surface area contributed by atoms with E-state index < -0.39 is 0 Å². The van der Waals surface area contributed by atoms with Crippen LogP contribution in [0.5, 0.6) is 0 Å². The number of anilines is 1. The largest absolute Gasteiger partial charge is 0.370 e. The van der Waals surface area contributed by atoms with Crippen molar-refractivity contribution in [2.75, 3.05) is 18.5 Å². The van der Waals surface area contributed by atoms with Gasteiger partial charge in [0.1, 0.15) is 0 Å². The molecule has 1 aliphatic carbocycles. The SMILES string of the molecule is Cc1ccccc1N(C)C(CN)C1CCC(C)CC1. The van der Waals surface area contributed by atoms with Gasteiger partial charge < -0.3 is 10.6 Å². The first-order chi connectivity index (χ1) is 9.13. The lowest BCUT2D eigenvalue weighted by Crippen LogP contribution is -2.45. The van der Waals surface area contributed by atoms with Crippen molar-refractivity contribution in [2.45, 2.75) is 45.6 Å². The van der Waals surface area contributed by atoms with Gasteiger partial charge in [-0.15, -0.1) is 0 Å². The number of para-hydroxylation sites is 1. The van der Waals surface area contributed by atoms with Crippen LogP contribution in [0, 0.1) is 18.8 Å². The fourth-order valence-corrected chi connectivity index (χ4v) is 3.48. The van der Waals surface area contributed by atoms with E-state index in [-0.39, 0.29) is 0 Å². The van der Waals surface area contributed by atoms with Gasteiger partial charge in [0.05, 0.1) is 0 Å². The number of aryl methyl sites for hydroxylation is 1. The number of hydrogen-bond acceptors (Lipinski definition) is 2. The fraction of sp³-hybridized carbons (Fsp3) is 0.647. The van der Waals surface area contributed by atoms with Gasteiger partial charge in [0, 0.05) is 25.3 Å². The average molecular weight is 260 g/mol. The van der Waals surface area contributed by atoms with Crippen LogP contribution in [0.4, 0.5) is 5.69 Å². The molecule has 1 saturated carbocycles. The monoisotopic (exact) mass is 260 g/mol. The lowest BCUT2D eigenvalue weighted by molar-refractivity contribution is 0.253. The first-order valence-electron chi connectivity index (χ1n) is 7.62. The van der Waals surface area contributed by atoms with E-state index in [9.17, 15) is 0 Å². The molecule has 2 heteroatoms. The normalized spacial score (nSPS) is 25.1. The predicted octanol–water partition coefficient (Wildman–Crippen LogP) is 3.58. The maximum absolute atomic E-state index is 6.08. The molecule has 1 aromatic carbocycles. The number of benzene rings is 1. The van der Waals surface area contributed by atoms with Crippen LogP contribution in [0.25, 0.3) is 0 Å². The van der Waals surface area contributed by atoms with E-state index in [1.807, 2.05) is 0 Å². The molecule has 0 amide bonds. The maximum atomic E-state index is 6.08. The first-order valence-corrected chi connectivity index (χ1v) is 7.62. The Kier molecular flexibility index (Phi) is 4.87. The molecule has 0 saturated heterocycles. The van der Waals surface area contributed by atoms with Crippen LogP contribution in [-0.2, 0) is 0 Å². The quantitative estimate of drug-likeness (QED) is 0.896. The summed E-state index contributed by atoms with van der Waals surface area (Å²) >= 11 is 0. The van der Waals surface area contributed by atoms with Crippen LogP contribution in [0.1, 0.15) is 38.2 Å². The molecule has 0 spiro atoms. The minimum atomic E-state index is 0.480. The highest BCUT2D eigenvalue weighted by molar-refractivity contribution is 5.53. The Bertz CT molecular complexity index is 394. The highest BCUT2D eigenvalue weighted by Crippen LogP contribution is 2.33. The Morgan fingerprint density at radius 1 is 1.21 bits per heavy atom. The molecule has 1 unspecified atom stereocenters. The third kappa shape index (κ3) is 3.30. The van der Waals surface area contributed by atoms with Gasteiger partial charge >= 0.3 is 0 Å². The summed E-state index contributed by atoms with van der Waals surface area (Å²) in [6.45, 7) is 5.31. The zero-order chi connectivity index (χ0) is 13.8. The molecule has 0 heterocycles. The van der Waals surface area contributed by atoms with Crippen molar-refractivity contribution in [3.63, 3.8) is 0 Å². The van der Waals surface area contributed by atoms with Gasteiger partial charge in [-0.25, -0.2) is 0 Å². The molecule has 1 aliphatic rings. The van der Waals surface area contributed by atoms with E-state index in [1.165, 1.54) is 36.9 Å². The second-order valence-corrected chi connectivity index (χ2v) is 6.22. The van der Waals surface area contributed by atoms with E-state index in [4.69, 9.17) is 5.73 Å². The van der Waals surface area contributed by atoms with Gasteiger partial charge in [-0.05, 0) is 43.2 Å². The third-order valence-electron chi connectivity index (χ3n) is 4.84. The fourth-order valence-electron chi connectivity index (χ4n) is 3.48. The Morgan fingerprint density at radius 2 is 1.84 bits per heavy atom. The van der Waals surface area contributed by atoms with Crippen molar-refractivity contribution in [1.29, 1.82) is 0 Å². The molecule has 1 atom stereocenters. The lowest BCUT2D eigenvalue weighted by atomic mass is 9.78. The molecule has 0 bridgehead atoms. The van der Waals surface area contributed by atoms with Crippen molar-refractivity contribution in [3.05, 3.63) is 29.8 Å². The standard InChI is InChI=1S/C17H28N2/c1-13-8-10-15(11-9-13)17(12-18)19(3)16-7-5-4-6-14(16)2/h4-7,13,15,17H,8-12,18H2,1-3H3. The van der Waals surface area contributed by atoms with E-state index in [1.54, 1.807) is 0 Å². The van der Waals surface area contributed by atoms with E-state index in [0.29, 0.717) is 6.04 Å². The summed E-state index contributed by atoms with van der Waals surface area (Å²) in [5.74, 6) is 1.66. The van der Waals surface area contributed by atoms with Gasteiger partial charge in [0.15, 0.2) is 0 Å². The van der Waals surface area contributed by atoms with Gasteiger partial charge in [0.25, 0.3) is 0 Å². The van der Waals surface area contributed by atoms with Gasteiger partial charge in [-0.2, -0.15) is 0 Å². The number of nitrogens with two attached hydrogens (primary N) is 1. The minimum Gasteiger partial charge on any atom is -0.370 e. The number of rotatable bonds is 4. The summed E-state index contributed by atoms with van der Waals surface area (Å²) in [6.07, 6.45) is 5.39. The second-order valence-electron chi connectivity index (χ2n) is 6.22. The Morgan fingerprint density at radius 3 is 2.42 bits per heavy atom. The van der Waals surface area contributed by atoms with Gasteiger partial charge in [0.2, 0.25) is 0 Å². The van der Waals surface area contributed by atoms with Crippen molar-refractivity contribution >= 4 is 5.69 Å². The summed E-state index contributed by atoms with van der Waals surface area (Å²) in [5, 5.41) is 0. The molecule has 19 heavy (non-hydrogen) atoms. The summed E-state index contributed by atoms with van der Waals surface area (Å²) in [6, 6.07) is 9.10. The molecule has 0 aliphatic heterocycles. The summed E-state index contributed by atoms with van der Waals surface area (Å²) < 4.78 is 0. The number of hydrogen-bond donors (Lipinski definition) is 1. The molecular formula is C17H28N2. The van der Waals surface area contributed by atoms with Crippen LogP contribution in [0.15, 0.2) is 24.3 Å². The van der Waals surface area contributed by atoms with Crippen LogP contribution in [0.3, 0.4) is 0 Å². The Balaban J connectivity index is 2.11. The molecular weight excluding hydrogens is 232 g/mol. The zero-order valence-electron chi connectivity index (χ0n) is 12.6. The lowest BCUT2D eigenvalue weighted by Gasteiger charge is -2.39. The Labute approximate surface area is 118 Å². The number of nitrogens with zero attached hydrogens (tertiary/aromatic N) is 1. The van der Waals surface area contributed by atoms with Crippen molar-refractivity contribution in [1.82, 2.24) is 0 Å². The molecule has 106 valence electrons. The smallest absolute Gasteiger partial charge is 0.0437 e. The molecule has 0 radical (unpaired) electrons. The van der Waals surface area contributed by atoms with E-state index in [0.717, 1.165) is 18.4 Å². The molecule has 2 N–H and O–H groups in total. The van der Waals surface area contributed by atoms with E-state index in [2.05, 4.69) is 50.1 Å². The third-order valence-corrected chi connectivity index (χ3v) is 4.84. The molecule has 2 rings (SSSR count). The summed E-state index contributed by atoms with van der Waals surface area (Å²) in [7, 11) is 2.21. The number of likely N-dealkylation sites (N-methyl/N-ethyl adjacent to an activating group) is 1. The van der Waals surface area contributed by atoms with Crippen molar-refractivity contribution < 1.29 is 0 Å². The van der Waals surface area contributed by atoms with Crippen LogP contribution in [0.2, 0.25) is 0 Å². The van der Waals surface area contributed by atoms with Crippen LogP contribution < -0.4 is 10.6 Å². The van der Waals surface area contributed by atoms with Crippen LogP contribution in [-0.4, -0.2) is 19.6 Å². The highest BCUT2D eigenvalue weighted by Gasteiger charge is 2.28. The Hall–Kier alpha value is -1.02. The maximum Gasteiger partial charge on any atom is 0.0437 e. The highest BCUT2D eigenvalue weighted by atomic mass is 15.1. The summed E-state index contributed by atoms with van der Waals surface area (Å²) in [4.78, 5) is 2.41. The molecule has 1 aromatic rings. The molecule has 1 fully saturated rings.